The van der Waals surface area contributed by atoms with Crippen LogP contribution < -0.4 is 4.74 Å². The van der Waals surface area contributed by atoms with Crippen molar-refractivity contribution in [1.82, 2.24) is 0 Å². The number of ether oxygens (including phenoxy) is 1. The Labute approximate surface area is 115 Å². The Bertz CT molecular complexity index is 509. The van der Waals surface area contributed by atoms with Crippen LogP contribution in [0.15, 0.2) is 37.8 Å². The molecule has 1 heterocycles. The Morgan fingerprint density at radius 3 is 2.69 bits per heavy atom. The third-order valence-corrected chi connectivity index (χ3v) is 3.74. The fourth-order valence-electron chi connectivity index (χ4n) is 1.41. The molecule has 0 fully saturated rings. The minimum Gasteiger partial charge on any atom is -0.494 e. The van der Waals surface area contributed by atoms with Crippen LogP contribution in [0.3, 0.4) is 0 Å². The summed E-state index contributed by atoms with van der Waals surface area (Å²) in [7, 11) is 1.60. The summed E-state index contributed by atoms with van der Waals surface area (Å²) in [4.78, 5) is 0. The van der Waals surface area contributed by atoms with Crippen LogP contribution in [-0.2, 0) is 0 Å². The normalized spacial score (nSPS) is 10.5. The fraction of sp³-hybridized carbons (Fsp3) is 0.0909. The molecular formula is C11H7Br2ClO2. The molecule has 0 unspecified atom stereocenters. The molecule has 0 aliphatic carbocycles. The molecule has 2 rings (SSSR count). The summed E-state index contributed by atoms with van der Waals surface area (Å²) in [6, 6.07) is 5.44. The third-order valence-electron chi connectivity index (χ3n) is 2.10. The minimum atomic E-state index is 0.592. The highest BCUT2D eigenvalue weighted by molar-refractivity contribution is 9.11. The molecular weight excluding hydrogens is 359 g/mol. The molecule has 0 saturated carbocycles. The van der Waals surface area contributed by atoms with Crippen molar-refractivity contribution in [1.29, 1.82) is 0 Å². The number of benzene rings is 1. The van der Waals surface area contributed by atoms with Crippen LogP contribution in [0.2, 0.25) is 5.02 Å². The van der Waals surface area contributed by atoms with Gasteiger partial charge in [-0.2, -0.15) is 0 Å². The monoisotopic (exact) mass is 364 g/mol. The van der Waals surface area contributed by atoms with E-state index in [0.29, 0.717) is 16.5 Å². The van der Waals surface area contributed by atoms with Crippen LogP contribution in [0.4, 0.5) is 0 Å². The van der Waals surface area contributed by atoms with Crippen LogP contribution in [0.25, 0.3) is 11.3 Å². The third kappa shape index (κ3) is 2.01. The second kappa shape index (κ2) is 4.82. The maximum absolute atomic E-state index is 6.18. The average molecular weight is 366 g/mol. The van der Waals surface area contributed by atoms with Gasteiger partial charge in [0.15, 0.2) is 0 Å². The zero-order chi connectivity index (χ0) is 11.7. The molecule has 84 valence electrons. The van der Waals surface area contributed by atoms with Gasteiger partial charge in [0.1, 0.15) is 11.5 Å². The Hall–Kier alpha value is -0.450. The van der Waals surface area contributed by atoms with Gasteiger partial charge < -0.3 is 9.15 Å². The van der Waals surface area contributed by atoms with Crippen LogP contribution in [0.5, 0.6) is 5.75 Å². The van der Waals surface area contributed by atoms with E-state index in [1.54, 1.807) is 19.4 Å². The largest absolute Gasteiger partial charge is 0.494 e. The maximum atomic E-state index is 6.18. The predicted molar refractivity (Wildman–Crippen MR) is 71.1 cm³/mol. The van der Waals surface area contributed by atoms with Gasteiger partial charge in [-0.1, -0.05) is 11.6 Å². The Morgan fingerprint density at radius 1 is 1.38 bits per heavy atom. The molecule has 16 heavy (non-hydrogen) atoms. The summed E-state index contributed by atoms with van der Waals surface area (Å²) in [6.45, 7) is 0. The van der Waals surface area contributed by atoms with E-state index >= 15 is 0 Å². The lowest BCUT2D eigenvalue weighted by Gasteiger charge is -2.11. The van der Waals surface area contributed by atoms with Crippen molar-refractivity contribution in [2.45, 2.75) is 0 Å². The molecule has 0 radical (unpaired) electrons. The quantitative estimate of drug-likeness (QED) is 0.735. The Balaban J connectivity index is 2.70. The second-order valence-corrected chi connectivity index (χ2v) is 5.09. The molecule has 0 spiro atoms. The number of hydrogen-bond acceptors (Lipinski definition) is 2. The van der Waals surface area contributed by atoms with Crippen molar-refractivity contribution >= 4 is 43.5 Å². The lowest BCUT2D eigenvalue weighted by molar-refractivity contribution is 0.409. The van der Waals surface area contributed by atoms with Crippen LogP contribution in [-0.4, -0.2) is 7.11 Å². The summed E-state index contributed by atoms with van der Waals surface area (Å²) in [5.41, 5.74) is 0.784. The van der Waals surface area contributed by atoms with E-state index in [4.69, 9.17) is 20.8 Å². The molecule has 1 aromatic carbocycles. The van der Waals surface area contributed by atoms with E-state index in [9.17, 15) is 0 Å². The number of furan rings is 1. The lowest BCUT2D eigenvalue weighted by atomic mass is 10.1. The highest BCUT2D eigenvalue weighted by Gasteiger charge is 2.17. The topological polar surface area (TPSA) is 22.4 Å². The lowest BCUT2D eigenvalue weighted by Crippen LogP contribution is -1.89. The first-order valence-corrected chi connectivity index (χ1v) is 6.37. The van der Waals surface area contributed by atoms with Crippen LogP contribution in [0.1, 0.15) is 0 Å². The molecule has 0 atom stereocenters. The zero-order valence-corrected chi connectivity index (χ0v) is 12.2. The number of hydrogen-bond donors (Lipinski definition) is 0. The summed E-state index contributed by atoms with van der Waals surface area (Å²) < 4.78 is 12.2. The molecule has 0 amide bonds. The number of rotatable bonds is 2. The first-order chi connectivity index (χ1) is 7.65. The summed E-state index contributed by atoms with van der Waals surface area (Å²) >= 11 is 13.0. The Kier molecular flexibility index (Phi) is 3.62. The zero-order valence-electron chi connectivity index (χ0n) is 8.26. The van der Waals surface area contributed by atoms with E-state index in [2.05, 4.69) is 31.9 Å². The first kappa shape index (κ1) is 12.0. The molecule has 1 aromatic heterocycles. The summed E-state index contributed by atoms with van der Waals surface area (Å²) in [5, 5.41) is 0.592. The van der Waals surface area contributed by atoms with Crippen LogP contribution >= 0.6 is 43.5 Å². The van der Waals surface area contributed by atoms with Crippen molar-refractivity contribution in [3.63, 3.8) is 0 Å². The highest BCUT2D eigenvalue weighted by atomic mass is 79.9. The summed E-state index contributed by atoms with van der Waals surface area (Å²) in [5.74, 6) is 1.39. The Morgan fingerprint density at radius 2 is 2.12 bits per heavy atom. The molecule has 0 aliphatic rings. The van der Waals surface area contributed by atoms with Crippen molar-refractivity contribution in [3.8, 4) is 17.1 Å². The van der Waals surface area contributed by atoms with E-state index in [1.807, 2.05) is 12.1 Å². The molecule has 0 bridgehead atoms. The van der Waals surface area contributed by atoms with Crippen molar-refractivity contribution in [2.24, 2.45) is 0 Å². The van der Waals surface area contributed by atoms with E-state index in [0.717, 1.165) is 14.5 Å². The van der Waals surface area contributed by atoms with Crippen LogP contribution in [0, 0.1) is 0 Å². The molecule has 0 saturated heterocycles. The molecule has 2 aromatic rings. The first-order valence-electron chi connectivity index (χ1n) is 4.40. The van der Waals surface area contributed by atoms with E-state index < -0.39 is 0 Å². The minimum absolute atomic E-state index is 0.592. The second-order valence-electron chi connectivity index (χ2n) is 3.04. The average Bonchev–Trinajstić information content (AvgIpc) is 2.70. The van der Waals surface area contributed by atoms with Gasteiger partial charge in [-0.05, 0) is 50.1 Å². The smallest absolute Gasteiger partial charge is 0.148 e. The van der Waals surface area contributed by atoms with Gasteiger partial charge in [-0.15, -0.1) is 0 Å². The van der Waals surface area contributed by atoms with Gasteiger partial charge in [0.2, 0.25) is 0 Å². The number of halogens is 3. The van der Waals surface area contributed by atoms with E-state index in [1.165, 1.54) is 0 Å². The molecule has 0 aliphatic heterocycles. The SMILES string of the molecule is COc1c(Br)cc(Cl)c(-c2ccco2)c1Br. The van der Waals surface area contributed by atoms with Gasteiger partial charge in [0, 0.05) is 0 Å². The van der Waals surface area contributed by atoms with Crippen molar-refractivity contribution in [2.75, 3.05) is 7.11 Å². The molecule has 2 nitrogen and oxygen atoms in total. The highest BCUT2D eigenvalue weighted by Crippen LogP contribution is 2.44. The fourth-order valence-corrected chi connectivity index (χ4v) is 3.59. The van der Waals surface area contributed by atoms with Crippen molar-refractivity contribution in [3.05, 3.63) is 38.4 Å². The van der Waals surface area contributed by atoms with Crippen molar-refractivity contribution < 1.29 is 9.15 Å². The standard InChI is InChI=1S/C11H7Br2ClO2/c1-15-11-6(12)5-7(14)9(10(11)13)8-3-2-4-16-8/h2-5H,1H3. The van der Waals surface area contributed by atoms with E-state index in [-0.39, 0.29) is 0 Å². The van der Waals surface area contributed by atoms with Gasteiger partial charge in [0.25, 0.3) is 0 Å². The predicted octanol–water partition coefficient (Wildman–Crippen LogP) is 5.13. The summed E-state index contributed by atoms with van der Waals surface area (Å²) in [6.07, 6.45) is 1.60. The molecule has 5 heteroatoms. The van der Waals surface area contributed by atoms with Gasteiger partial charge >= 0.3 is 0 Å². The van der Waals surface area contributed by atoms with Gasteiger partial charge in [-0.25, -0.2) is 0 Å². The molecule has 0 N–H and O–H groups in total. The van der Waals surface area contributed by atoms with Gasteiger partial charge in [-0.3, -0.25) is 0 Å². The van der Waals surface area contributed by atoms with Gasteiger partial charge in [0.05, 0.1) is 32.9 Å². The maximum Gasteiger partial charge on any atom is 0.148 e. The number of methoxy groups -OCH3 is 1.